The van der Waals surface area contributed by atoms with Crippen LogP contribution in [0, 0.1) is 6.92 Å². The lowest BCUT2D eigenvalue weighted by Gasteiger charge is -2.06. The first kappa shape index (κ1) is 12.6. The van der Waals surface area contributed by atoms with Gasteiger partial charge in [-0.3, -0.25) is 0 Å². The van der Waals surface area contributed by atoms with Crippen LogP contribution < -0.4 is 10.6 Å². The van der Waals surface area contributed by atoms with E-state index in [0.717, 1.165) is 17.1 Å². The number of aromatic nitrogens is 1. The van der Waals surface area contributed by atoms with E-state index in [-0.39, 0.29) is 6.03 Å². The average Bonchev–Trinajstić information content (AvgIpc) is 2.76. The van der Waals surface area contributed by atoms with E-state index in [1.165, 1.54) is 4.88 Å². The predicted octanol–water partition coefficient (Wildman–Crippen LogP) is 2.82. The molecule has 0 fully saturated rings. The van der Waals surface area contributed by atoms with Gasteiger partial charge in [0.25, 0.3) is 0 Å². The van der Waals surface area contributed by atoms with Crippen LogP contribution in [0.2, 0.25) is 0 Å². The van der Waals surface area contributed by atoms with Gasteiger partial charge in [-0.25, -0.2) is 9.78 Å². The lowest BCUT2D eigenvalue weighted by molar-refractivity contribution is 0.252. The van der Waals surface area contributed by atoms with Gasteiger partial charge in [-0.05, 0) is 19.1 Å². The van der Waals surface area contributed by atoms with Crippen LogP contribution in [-0.4, -0.2) is 17.6 Å². The molecule has 0 unspecified atom stereocenters. The molecule has 0 atom stereocenters. The Kier molecular flexibility index (Phi) is 4.30. The van der Waals surface area contributed by atoms with E-state index in [0.29, 0.717) is 6.54 Å². The summed E-state index contributed by atoms with van der Waals surface area (Å²) in [5, 5.41) is 6.64. The first-order chi connectivity index (χ1) is 8.74. The Bertz CT molecular complexity index is 510. The molecule has 0 saturated heterocycles. The smallest absolute Gasteiger partial charge is 0.319 e. The minimum absolute atomic E-state index is 0.178. The Morgan fingerprint density at radius 3 is 2.78 bits per heavy atom. The van der Waals surface area contributed by atoms with Gasteiger partial charge in [-0.1, -0.05) is 18.2 Å². The summed E-state index contributed by atoms with van der Waals surface area (Å²) in [4.78, 5) is 16.9. The first-order valence-electron chi connectivity index (χ1n) is 5.75. The fraction of sp³-hybridized carbons (Fsp3) is 0.231. The SMILES string of the molecule is Cc1ncc(CCNC(=O)Nc2ccccc2)s1. The molecule has 1 aromatic heterocycles. The number of carbonyl (C=O) groups is 1. The molecular weight excluding hydrogens is 246 g/mol. The zero-order valence-corrected chi connectivity index (χ0v) is 11.0. The molecule has 0 aliphatic rings. The third-order valence-electron chi connectivity index (χ3n) is 2.36. The van der Waals surface area contributed by atoms with E-state index in [2.05, 4.69) is 15.6 Å². The van der Waals surface area contributed by atoms with Crippen LogP contribution in [0.3, 0.4) is 0 Å². The summed E-state index contributed by atoms with van der Waals surface area (Å²) in [7, 11) is 0. The normalized spacial score (nSPS) is 10.1. The molecule has 0 aliphatic heterocycles. The number of carbonyl (C=O) groups excluding carboxylic acids is 1. The molecule has 2 N–H and O–H groups in total. The topological polar surface area (TPSA) is 54.0 Å². The minimum atomic E-state index is -0.178. The monoisotopic (exact) mass is 261 g/mol. The van der Waals surface area contributed by atoms with Gasteiger partial charge in [0, 0.05) is 29.7 Å². The van der Waals surface area contributed by atoms with Crippen molar-refractivity contribution in [1.82, 2.24) is 10.3 Å². The van der Waals surface area contributed by atoms with Gasteiger partial charge in [-0.15, -0.1) is 11.3 Å². The third kappa shape index (κ3) is 3.85. The number of nitrogens with zero attached hydrogens (tertiary/aromatic N) is 1. The Morgan fingerprint density at radius 2 is 2.11 bits per heavy atom. The molecule has 5 heteroatoms. The van der Waals surface area contributed by atoms with Crippen LogP contribution in [0.1, 0.15) is 9.88 Å². The standard InChI is InChI=1S/C13H15N3OS/c1-10-15-9-12(18-10)7-8-14-13(17)16-11-5-3-2-4-6-11/h2-6,9H,7-8H2,1H3,(H2,14,16,17). The van der Waals surface area contributed by atoms with Gasteiger partial charge in [-0.2, -0.15) is 0 Å². The molecule has 94 valence electrons. The summed E-state index contributed by atoms with van der Waals surface area (Å²) in [5.74, 6) is 0. The average molecular weight is 261 g/mol. The molecule has 1 aromatic carbocycles. The molecule has 18 heavy (non-hydrogen) atoms. The van der Waals surface area contributed by atoms with Crippen molar-refractivity contribution in [1.29, 1.82) is 0 Å². The number of thiazole rings is 1. The Morgan fingerprint density at radius 1 is 1.33 bits per heavy atom. The van der Waals surface area contributed by atoms with Crippen molar-refractivity contribution in [3.63, 3.8) is 0 Å². The first-order valence-corrected chi connectivity index (χ1v) is 6.57. The van der Waals surface area contributed by atoms with E-state index in [1.54, 1.807) is 11.3 Å². The van der Waals surface area contributed by atoms with E-state index >= 15 is 0 Å². The van der Waals surface area contributed by atoms with Gasteiger partial charge in [0.2, 0.25) is 0 Å². The van der Waals surface area contributed by atoms with Gasteiger partial charge >= 0.3 is 6.03 Å². The van der Waals surface area contributed by atoms with Crippen molar-refractivity contribution in [2.75, 3.05) is 11.9 Å². The second kappa shape index (κ2) is 6.16. The minimum Gasteiger partial charge on any atom is -0.338 e. The van der Waals surface area contributed by atoms with Crippen molar-refractivity contribution < 1.29 is 4.79 Å². The van der Waals surface area contributed by atoms with Crippen LogP contribution >= 0.6 is 11.3 Å². The van der Waals surface area contributed by atoms with E-state index in [1.807, 2.05) is 43.5 Å². The highest BCUT2D eigenvalue weighted by atomic mass is 32.1. The van der Waals surface area contributed by atoms with Crippen LogP contribution in [0.4, 0.5) is 10.5 Å². The number of benzene rings is 1. The molecule has 0 bridgehead atoms. The summed E-state index contributed by atoms with van der Waals surface area (Å²) in [5.41, 5.74) is 0.795. The van der Waals surface area contributed by atoms with Crippen molar-refractivity contribution in [2.45, 2.75) is 13.3 Å². The number of hydrogen-bond acceptors (Lipinski definition) is 3. The number of rotatable bonds is 4. The van der Waals surface area contributed by atoms with Crippen molar-refractivity contribution in [2.24, 2.45) is 0 Å². The van der Waals surface area contributed by atoms with Crippen LogP contribution in [-0.2, 0) is 6.42 Å². The lowest BCUT2D eigenvalue weighted by atomic mass is 10.3. The summed E-state index contributed by atoms with van der Waals surface area (Å²) < 4.78 is 0. The van der Waals surface area contributed by atoms with Crippen LogP contribution in [0.25, 0.3) is 0 Å². The number of amides is 2. The Labute approximate surface area is 110 Å². The van der Waals surface area contributed by atoms with Gasteiger partial charge < -0.3 is 10.6 Å². The lowest BCUT2D eigenvalue weighted by Crippen LogP contribution is -2.30. The maximum Gasteiger partial charge on any atom is 0.319 e. The quantitative estimate of drug-likeness (QED) is 0.889. The molecule has 0 spiro atoms. The number of hydrogen-bond donors (Lipinski definition) is 2. The molecule has 4 nitrogen and oxygen atoms in total. The van der Waals surface area contributed by atoms with Gasteiger partial charge in [0.15, 0.2) is 0 Å². The van der Waals surface area contributed by atoms with Crippen molar-refractivity contribution in [3.8, 4) is 0 Å². The largest absolute Gasteiger partial charge is 0.338 e. The van der Waals surface area contributed by atoms with Crippen molar-refractivity contribution in [3.05, 3.63) is 46.4 Å². The van der Waals surface area contributed by atoms with E-state index < -0.39 is 0 Å². The molecule has 2 aromatic rings. The van der Waals surface area contributed by atoms with E-state index in [4.69, 9.17) is 0 Å². The molecule has 0 saturated carbocycles. The summed E-state index contributed by atoms with van der Waals surface area (Å²) in [6, 6.07) is 9.21. The highest BCUT2D eigenvalue weighted by molar-refractivity contribution is 7.11. The van der Waals surface area contributed by atoms with Crippen molar-refractivity contribution >= 4 is 23.1 Å². The molecule has 0 aliphatic carbocycles. The number of urea groups is 1. The number of aryl methyl sites for hydroxylation is 1. The fourth-order valence-electron chi connectivity index (χ4n) is 1.52. The number of anilines is 1. The van der Waals surface area contributed by atoms with Gasteiger partial charge in [0.05, 0.1) is 5.01 Å². The predicted molar refractivity (Wildman–Crippen MR) is 74.0 cm³/mol. The second-order valence-electron chi connectivity index (χ2n) is 3.84. The third-order valence-corrected chi connectivity index (χ3v) is 3.33. The van der Waals surface area contributed by atoms with Crippen LogP contribution in [0.5, 0.6) is 0 Å². The fourth-order valence-corrected chi connectivity index (χ4v) is 2.31. The molecule has 2 rings (SSSR count). The number of nitrogens with one attached hydrogen (secondary N) is 2. The van der Waals surface area contributed by atoms with Gasteiger partial charge in [0.1, 0.15) is 0 Å². The highest BCUT2D eigenvalue weighted by Gasteiger charge is 2.02. The maximum absolute atomic E-state index is 11.6. The summed E-state index contributed by atoms with van der Waals surface area (Å²) >= 11 is 1.66. The Balaban J connectivity index is 1.72. The highest BCUT2D eigenvalue weighted by Crippen LogP contribution is 2.11. The summed E-state index contributed by atoms with van der Waals surface area (Å²) in [6.07, 6.45) is 2.67. The molecular formula is C13H15N3OS. The maximum atomic E-state index is 11.6. The number of para-hydroxylation sites is 1. The zero-order valence-electron chi connectivity index (χ0n) is 10.1. The second-order valence-corrected chi connectivity index (χ2v) is 5.16. The molecule has 2 amide bonds. The summed E-state index contributed by atoms with van der Waals surface area (Å²) in [6.45, 7) is 2.59. The molecule has 0 radical (unpaired) electrons. The van der Waals surface area contributed by atoms with E-state index in [9.17, 15) is 4.79 Å². The van der Waals surface area contributed by atoms with Crippen LogP contribution in [0.15, 0.2) is 36.5 Å². The molecule has 1 heterocycles. The zero-order chi connectivity index (χ0) is 12.8. The Hall–Kier alpha value is -1.88.